The van der Waals surface area contributed by atoms with Crippen LogP contribution in [0.15, 0.2) is 36.4 Å². The number of hydrogen-bond acceptors (Lipinski definition) is 6. The summed E-state index contributed by atoms with van der Waals surface area (Å²) in [6.45, 7) is 0. The van der Waals surface area contributed by atoms with Crippen LogP contribution in [0.3, 0.4) is 0 Å². The van der Waals surface area contributed by atoms with Crippen LogP contribution in [0.2, 0.25) is 0 Å². The molecule has 0 aliphatic rings. The third kappa shape index (κ3) is 2.90. The molecule has 0 atom stereocenters. The van der Waals surface area contributed by atoms with Crippen molar-refractivity contribution in [2.45, 2.75) is 0 Å². The van der Waals surface area contributed by atoms with Gasteiger partial charge in [0, 0.05) is 24.9 Å². The van der Waals surface area contributed by atoms with E-state index in [4.69, 9.17) is 10.00 Å². The molecular weight excluding hydrogens is 272 g/mol. The minimum atomic E-state index is -0.508. The molecule has 7 nitrogen and oxygen atoms in total. The lowest BCUT2D eigenvalue weighted by Crippen LogP contribution is -2.13. The van der Waals surface area contributed by atoms with Gasteiger partial charge >= 0.3 is 5.69 Å². The van der Waals surface area contributed by atoms with E-state index in [0.29, 0.717) is 11.3 Å². The van der Waals surface area contributed by atoms with E-state index >= 15 is 0 Å². The van der Waals surface area contributed by atoms with Crippen molar-refractivity contribution in [1.82, 2.24) is 4.98 Å². The number of pyridine rings is 1. The molecule has 0 fully saturated rings. The molecule has 0 amide bonds. The lowest BCUT2D eigenvalue weighted by molar-refractivity contribution is -0.384. The molecule has 106 valence electrons. The van der Waals surface area contributed by atoms with Crippen molar-refractivity contribution in [3.05, 3.63) is 52.1 Å². The second-order valence-corrected chi connectivity index (χ2v) is 4.17. The third-order valence-corrected chi connectivity index (χ3v) is 2.92. The molecule has 0 saturated carbocycles. The number of benzene rings is 1. The van der Waals surface area contributed by atoms with E-state index in [1.807, 2.05) is 6.07 Å². The highest BCUT2D eigenvalue weighted by Gasteiger charge is 2.21. The summed E-state index contributed by atoms with van der Waals surface area (Å²) in [4.78, 5) is 16.3. The Morgan fingerprint density at radius 3 is 2.76 bits per heavy atom. The van der Waals surface area contributed by atoms with Crippen molar-refractivity contribution in [1.29, 1.82) is 5.26 Å². The van der Waals surface area contributed by atoms with Crippen molar-refractivity contribution in [3.63, 3.8) is 0 Å². The predicted octanol–water partition coefficient (Wildman–Crippen LogP) is 2.64. The maximum atomic E-state index is 11.1. The first-order chi connectivity index (χ1) is 10.1. The maximum Gasteiger partial charge on any atom is 0.312 e. The Morgan fingerprint density at radius 2 is 2.14 bits per heavy atom. The van der Waals surface area contributed by atoms with Crippen molar-refractivity contribution in [3.8, 4) is 11.9 Å². The van der Waals surface area contributed by atoms with Gasteiger partial charge < -0.3 is 9.64 Å². The van der Waals surface area contributed by atoms with Gasteiger partial charge in [0.15, 0.2) is 0 Å². The molecule has 0 N–H and O–H groups in total. The first-order valence-electron chi connectivity index (χ1n) is 6.00. The Balaban J connectivity index is 2.53. The summed E-state index contributed by atoms with van der Waals surface area (Å²) in [5.74, 6) is 0.424. The maximum absolute atomic E-state index is 11.1. The van der Waals surface area contributed by atoms with E-state index in [1.54, 1.807) is 36.2 Å². The zero-order valence-electron chi connectivity index (χ0n) is 11.5. The second-order valence-electron chi connectivity index (χ2n) is 4.17. The monoisotopic (exact) mass is 284 g/mol. The van der Waals surface area contributed by atoms with Crippen LogP contribution in [0.25, 0.3) is 0 Å². The Kier molecular flexibility index (Phi) is 4.00. The van der Waals surface area contributed by atoms with Crippen LogP contribution in [-0.2, 0) is 0 Å². The fourth-order valence-electron chi connectivity index (χ4n) is 1.83. The molecule has 2 rings (SSSR count). The highest BCUT2D eigenvalue weighted by atomic mass is 16.6. The molecule has 0 saturated heterocycles. The molecule has 1 aromatic heterocycles. The number of methoxy groups -OCH3 is 1. The fraction of sp³-hybridized carbons (Fsp3) is 0.143. The van der Waals surface area contributed by atoms with E-state index in [0.717, 1.165) is 0 Å². The molecule has 0 aliphatic carbocycles. The molecule has 21 heavy (non-hydrogen) atoms. The van der Waals surface area contributed by atoms with E-state index in [9.17, 15) is 10.1 Å². The molecule has 0 spiro atoms. The van der Waals surface area contributed by atoms with Crippen molar-refractivity contribution in [2.24, 2.45) is 0 Å². The number of nitriles is 1. The van der Waals surface area contributed by atoms with E-state index < -0.39 is 4.92 Å². The lowest BCUT2D eigenvalue weighted by atomic mass is 10.2. The highest BCUT2D eigenvalue weighted by molar-refractivity contribution is 5.69. The summed E-state index contributed by atoms with van der Waals surface area (Å²) in [5.41, 5.74) is 0.948. The van der Waals surface area contributed by atoms with Crippen LogP contribution in [0, 0.1) is 21.4 Å². The van der Waals surface area contributed by atoms with Gasteiger partial charge in [-0.05, 0) is 18.2 Å². The van der Waals surface area contributed by atoms with Crippen LogP contribution in [0.4, 0.5) is 17.2 Å². The normalized spacial score (nSPS) is 9.76. The second kappa shape index (κ2) is 5.88. The first-order valence-corrected chi connectivity index (χ1v) is 6.00. The van der Waals surface area contributed by atoms with Gasteiger partial charge in [-0.2, -0.15) is 10.2 Å². The number of hydrogen-bond donors (Lipinski definition) is 0. The molecular formula is C14H12N4O3. The molecule has 0 bridgehead atoms. The number of nitrogens with zero attached hydrogens (tertiary/aromatic N) is 4. The minimum Gasteiger partial charge on any atom is -0.481 e. The summed E-state index contributed by atoms with van der Waals surface area (Å²) in [6, 6.07) is 11.5. The van der Waals surface area contributed by atoms with Gasteiger partial charge in [0.1, 0.15) is 0 Å². The van der Waals surface area contributed by atoms with Crippen molar-refractivity contribution >= 4 is 17.2 Å². The number of ether oxygens (including phenoxy) is 1. The van der Waals surface area contributed by atoms with E-state index in [2.05, 4.69) is 4.98 Å². The number of anilines is 2. The molecule has 0 radical (unpaired) electrons. The van der Waals surface area contributed by atoms with Crippen LogP contribution in [0.5, 0.6) is 5.88 Å². The fourth-order valence-corrected chi connectivity index (χ4v) is 1.83. The molecule has 1 aromatic carbocycles. The number of nitro groups is 1. The van der Waals surface area contributed by atoms with Crippen LogP contribution >= 0.6 is 0 Å². The summed E-state index contributed by atoms with van der Waals surface area (Å²) < 4.78 is 5.01. The topological polar surface area (TPSA) is 92.3 Å². The molecule has 2 aromatic rings. The van der Waals surface area contributed by atoms with Gasteiger partial charge in [-0.3, -0.25) is 10.1 Å². The summed E-state index contributed by atoms with van der Waals surface area (Å²) in [5, 5.41) is 20.1. The number of rotatable bonds is 4. The van der Waals surface area contributed by atoms with Gasteiger partial charge in [0.2, 0.25) is 11.7 Å². The summed E-state index contributed by atoms with van der Waals surface area (Å²) >= 11 is 0. The third-order valence-electron chi connectivity index (χ3n) is 2.92. The number of aromatic nitrogens is 1. The standard InChI is InChI=1S/C14H12N4O3/c1-17(11-5-3-4-10(8-11)9-15)14-12(18(19)20)6-7-13(16-14)21-2/h3-8H,1-2H3. The van der Waals surface area contributed by atoms with Crippen LogP contribution < -0.4 is 9.64 Å². The van der Waals surface area contributed by atoms with Crippen LogP contribution in [0.1, 0.15) is 5.56 Å². The Hall–Kier alpha value is -3.14. The molecule has 7 heteroatoms. The Labute approximate surface area is 121 Å². The molecule has 0 unspecified atom stereocenters. The highest BCUT2D eigenvalue weighted by Crippen LogP contribution is 2.32. The Morgan fingerprint density at radius 1 is 1.38 bits per heavy atom. The van der Waals surface area contributed by atoms with E-state index in [-0.39, 0.29) is 17.4 Å². The Bertz CT molecular complexity index is 724. The average Bonchev–Trinajstić information content (AvgIpc) is 2.53. The van der Waals surface area contributed by atoms with Gasteiger partial charge in [-0.1, -0.05) is 6.07 Å². The summed E-state index contributed by atoms with van der Waals surface area (Å²) in [7, 11) is 3.08. The van der Waals surface area contributed by atoms with Gasteiger partial charge in [-0.15, -0.1) is 0 Å². The zero-order valence-corrected chi connectivity index (χ0v) is 11.5. The first kappa shape index (κ1) is 14.3. The van der Waals surface area contributed by atoms with Crippen molar-refractivity contribution in [2.75, 3.05) is 19.1 Å². The van der Waals surface area contributed by atoms with Gasteiger partial charge in [0.05, 0.1) is 23.7 Å². The lowest BCUT2D eigenvalue weighted by Gasteiger charge is -2.18. The molecule has 1 heterocycles. The predicted molar refractivity (Wildman–Crippen MR) is 76.7 cm³/mol. The van der Waals surface area contributed by atoms with Gasteiger partial charge in [-0.25, -0.2) is 0 Å². The SMILES string of the molecule is COc1ccc([N+](=O)[O-])c(N(C)c2cccc(C#N)c2)n1. The quantitative estimate of drug-likeness (QED) is 0.633. The van der Waals surface area contributed by atoms with E-state index in [1.165, 1.54) is 19.2 Å². The summed E-state index contributed by atoms with van der Waals surface area (Å²) in [6.07, 6.45) is 0. The van der Waals surface area contributed by atoms with Gasteiger partial charge in [0.25, 0.3) is 0 Å². The average molecular weight is 284 g/mol. The zero-order chi connectivity index (χ0) is 15.4. The van der Waals surface area contributed by atoms with Crippen molar-refractivity contribution < 1.29 is 9.66 Å². The van der Waals surface area contributed by atoms with Crippen LogP contribution in [-0.4, -0.2) is 24.1 Å². The molecule has 0 aliphatic heterocycles. The minimum absolute atomic E-state index is 0.138. The smallest absolute Gasteiger partial charge is 0.312 e. The largest absolute Gasteiger partial charge is 0.481 e.